The van der Waals surface area contributed by atoms with Gasteiger partial charge in [0.25, 0.3) is 0 Å². The molecule has 0 saturated carbocycles. The van der Waals surface area contributed by atoms with E-state index in [1.165, 1.54) is 0 Å². The van der Waals surface area contributed by atoms with Gasteiger partial charge in [0, 0.05) is 6.42 Å². The number of rotatable bonds is 4. The number of Topliss-reactive ketones (excluding diaryl/α,β-unsaturated/α-hetero) is 1. The summed E-state index contributed by atoms with van der Waals surface area (Å²) in [5.74, 6) is -0.964. The van der Waals surface area contributed by atoms with Crippen molar-refractivity contribution in [3.8, 4) is 5.75 Å². The predicted molar refractivity (Wildman–Crippen MR) is 109 cm³/mol. The quantitative estimate of drug-likeness (QED) is 0.373. The normalized spacial score (nSPS) is 13.5. The fourth-order valence-electron chi connectivity index (χ4n) is 3.42. The summed E-state index contributed by atoms with van der Waals surface area (Å²) in [7, 11) is 0. The maximum atomic E-state index is 13.2. The molecule has 9 heteroatoms. The summed E-state index contributed by atoms with van der Waals surface area (Å²) in [5, 5.41) is 10.7. The molecule has 0 amide bonds. The van der Waals surface area contributed by atoms with E-state index in [1.54, 1.807) is 17.1 Å². The highest BCUT2D eigenvalue weighted by Gasteiger charge is 2.42. The van der Waals surface area contributed by atoms with Gasteiger partial charge in [-0.1, -0.05) is 53.7 Å². The fraction of sp³-hybridized carbons (Fsp3) is 0.522. The van der Waals surface area contributed by atoms with Gasteiger partial charge in [0.1, 0.15) is 11.4 Å². The van der Waals surface area contributed by atoms with E-state index in [2.05, 4.69) is 0 Å². The number of H-pyrrole nitrogens is 1. The van der Waals surface area contributed by atoms with Crippen molar-refractivity contribution < 1.29 is 36.2 Å². The molecule has 0 saturated heterocycles. The molecule has 0 aliphatic heterocycles. The maximum Gasteiger partial charge on any atom is 0.431 e. The molecular weight excluding hydrogens is 436 g/mol. The number of aromatic amines is 1. The molecule has 0 atom stereocenters. The summed E-state index contributed by atoms with van der Waals surface area (Å²) >= 11 is 0. The molecule has 3 nitrogen and oxygen atoms in total. The van der Waals surface area contributed by atoms with E-state index >= 15 is 0 Å². The second-order valence-corrected chi connectivity index (χ2v) is 9.93. The third-order valence-corrected chi connectivity index (χ3v) is 5.13. The number of alkyl halides is 6. The Bertz CT molecular complexity index is 966. The fourth-order valence-corrected chi connectivity index (χ4v) is 3.42. The van der Waals surface area contributed by atoms with Crippen molar-refractivity contribution in [2.24, 2.45) is 0 Å². The number of carbonyl (C=O) groups excluding carboxylic acids is 1. The molecule has 0 unspecified atom stereocenters. The first-order valence-corrected chi connectivity index (χ1v) is 10.0. The van der Waals surface area contributed by atoms with Crippen molar-refractivity contribution >= 4 is 5.78 Å². The summed E-state index contributed by atoms with van der Waals surface area (Å²) in [6.07, 6.45) is -10.6. The zero-order valence-electron chi connectivity index (χ0n) is 18.8. The minimum atomic E-state index is -5.11. The lowest BCUT2D eigenvalue weighted by atomic mass is 9.78. The Morgan fingerprint density at radius 2 is 1.28 bits per heavy atom. The molecule has 2 rings (SSSR count). The minimum absolute atomic E-state index is 0.00292. The first-order chi connectivity index (χ1) is 14.2. The van der Waals surface area contributed by atoms with Crippen molar-refractivity contribution in [1.82, 2.24) is 4.98 Å². The number of hydrogen-bond donors (Lipinski definition) is 2. The summed E-state index contributed by atoms with van der Waals surface area (Å²) in [6, 6.07) is 3.28. The number of aromatic nitrogens is 1. The molecule has 32 heavy (non-hydrogen) atoms. The van der Waals surface area contributed by atoms with E-state index in [0.717, 1.165) is 0 Å². The molecule has 1 aromatic carbocycles. The number of aromatic hydroxyl groups is 1. The molecule has 2 N–H and O–H groups in total. The number of halogens is 6. The van der Waals surface area contributed by atoms with Gasteiger partial charge in [0.05, 0.1) is 11.3 Å². The molecule has 0 spiro atoms. The first-order valence-electron chi connectivity index (χ1n) is 10.0. The van der Waals surface area contributed by atoms with Crippen LogP contribution in [0.1, 0.15) is 86.4 Å². The van der Waals surface area contributed by atoms with Gasteiger partial charge in [0.2, 0.25) is 0 Å². The zero-order chi connectivity index (χ0) is 24.9. The monoisotopic (exact) mass is 463 g/mol. The molecular formula is C23H27F6NO2. The number of carbonyl (C=O) groups is 1. The van der Waals surface area contributed by atoms with Crippen LogP contribution in [0.3, 0.4) is 0 Å². The number of ketones is 1. The van der Waals surface area contributed by atoms with Crippen molar-refractivity contribution in [3.63, 3.8) is 0 Å². The van der Waals surface area contributed by atoms with Gasteiger partial charge in [-0.15, -0.1) is 0 Å². The third kappa shape index (κ3) is 5.66. The number of hydrogen-bond acceptors (Lipinski definition) is 2. The average Bonchev–Trinajstić information content (AvgIpc) is 3.04. The number of phenols is 1. The number of benzene rings is 1. The lowest BCUT2D eigenvalue weighted by molar-refractivity contribution is -0.142. The van der Waals surface area contributed by atoms with Crippen LogP contribution in [-0.2, 0) is 29.6 Å². The van der Waals surface area contributed by atoms with Crippen LogP contribution in [0.4, 0.5) is 26.3 Å². The Morgan fingerprint density at radius 3 is 1.66 bits per heavy atom. The second-order valence-electron chi connectivity index (χ2n) is 9.93. The first kappa shape index (κ1) is 25.8. The van der Waals surface area contributed by atoms with Gasteiger partial charge >= 0.3 is 12.4 Å². The van der Waals surface area contributed by atoms with Crippen LogP contribution in [0.2, 0.25) is 0 Å². The van der Waals surface area contributed by atoms with Crippen LogP contribution in [-0.4, -0.2) is 15.9 Å². The molecule has 1 aromatic heterocycles. The number of aryl methyl sites for hydroxylation is 1. The van der Waals surface area contributed by atoms with Crippen LogP contribution < -0.4 is 0 Å². The van der Waals surface area contributed by atoms with E-state index in [9.17, 15) is 36.2 Å². The SMILES string of the molecule is CC(C)(C)c1cc(CCC(=O)c2[nH]c(C(F)(F)F)cc2C(F)(F)F)cc(C(C)(C)C)c1O. The summed E-state index contributed by atoms with van der Waals surface area (Å²) in [4.78, 5) is 14.1. The Labute approximate surface area is 182 Å². The molecule has 0 aliphatic rings. The highest BCUT2D eigenvalue weighted by molar-refractivity contribution is 5.96. The summed E-state index contributed by atoms with van der Waals surface area (Å²) in [6.45, 7) is 11.3. The topological polar surface area (TPSA) is 53.1 Å². The molecule has 178 valence electrons. The molecule has 0 radical (unpaired) electrons. The van der Waals surface area contributed by atoms with Crippen molar-refractivity contribution in [1.29, 1.82) is 0 Å². The van der Waals surface area contributed by atoms with E-state index in [1.807, 2.05) is 41.5 Å². The number of nitrogens with one attached hydrogen (secondary N) is 1. The molecule has 2 aromatic rings. The standard InChI is InChI=1S/C23H27F6NO2/c1-20(2,3)14-9-12(10-15(19(14)32)21(4,5)6)7-8-16(31)18-13(22(24,25)26)11-17(30-18)23(27,28)29/h9-11,30,32H,7-8H2,1-6H3. The molecule has 0 fully saturated rings. The van der Waals surface area contributed by atoms with Crippen LogP contribution in [0.15, 0.2) is 18.2 Å². The van der Waals surface area contributed by atoms with Gasteiger partial charge in [-0.2, -0.15) is 26.3 Å². The maximum absolute atomic E-state index is 13.2. The van der Waals surface area contributed by atoms with Crippen LogP contribution in [0, 0.1) is 0 Å². The summed E-state index contributed by atoms with van der Waals surface area (Å²) in [5.41, 5.74) is -3.43. The number of phenolic OH excluding ortho intramolecular Hbond substituents is 1. The van der Waals surface area contributed by atoms with Crippen molar-refractivity contribution in [3.05, 3.63) is 51.8 Å². The smallest absolute Gasteiger partial charge is 0.431 e. The van der Waals surface area contributed by atoms with Gasteiger partial charge in [0.15, 0.2) is 5.78 Å². The zero-order valence-corrected chi connectivity index (χ0v) is 18.8. The molecule has 1 heterocycles. The van der Waals surface area contributed by atoms with E-state index in [4.69, 9.17) is 0 Å². The van der Waals surface area contributed by atoms with E-state index in [-0.39, 0.29) is 18.2 Å². The van der Waals surface area contributed by atoms with Gasteiger partial charge in [-0.25, -0.2) is 0 Å². The summed E-state index contributed by atoms with van der Waals surface area (Å²) < 4.78 is 78.4. The van der Waals surface area contributed by atoms with E-state index in [0.29, 0.717) is 16.7 Å². The van der Waals surface area contributed by atoms with Gasteiger partial charge < -0.3 is 10.1 Å². The third-order valence-electron chi connectivity index (χ3n) is 5.13. The largest absolute Gasteiger partial charge is 0.507 e. The molecule has 0 bridgehead atoms. The second kappa shape index (κ2) is 8.15. The Morgan fingerprint density at radius 1 is 0.812 bits per heavy atom. The Hall–Kier alpha value is -2.45. The lowest BCUT2D eigenvalue weighted by Crippen LogP contribution is -2.18. The predicted octanol–water partition coefficient (Wildman–Crippen LogP) is 7.17. The average molecular weight is 463 g/mol. The van der Waals surface area contributed by atoms with Crippen LogP contribution in [0.5, 0.6) is 5.75 Å². The van der Waals surface area contributed by atoms with Gasteiger partial charge in [-0.3, -0.25) is 4.79 Å². The molecule has 0 aliphatic carbocycles. The van der Waals surface area contributed by atoms with E-state index < -0.39 is 52.3 Å². The van der Waals surface area contributed by atoms with Crippen LogP contribution >= 0.6 is 0 Å². The highest BCUT2D eigenvalue weighted by atomic mass is 19.4. The van der Waals surface area contributed by atoms with Crippen molar-refractivity contribution in [2.75, 3.05) is 0 Å². The Balaban J connectivity index is 2.43. The van der Waals surface area contributed by atoms with Gasteiger partial charge in [-0.05, 0) is 40.0 Å². The minimum Gasteiger partial charge on any atom is -0.507 e. The van der Waals surface area contributed by atoms with Crippen molar-refractivity contribution in [2.45, 2.75) is 77.6 Å². The lowest BCUT2D eigenvalue weighted by Gasteiger charge is -2.28. The Kier molecular flexibility index (Phi) is 6.58. The highest BCUT2D eigenvalue weighted by Crippen LogP contribution is 2.41. The van der Waals surface area contributed by atoms with Crippen LogP contribution in [0.25, 0.3) is 0 Å².